The molecule has 3 aromatic heterocycles. The summed E-state index contributed by atoms with van der Waals surface area (Å²) in [5.74, 6) is 0. The first-order valence-electron chi connectivity index (χ1n) is 10.1. The van der Waals surface area contributed by atoms with Crippen LogP contribution in [0.5, 0.6) is 0 Å². The van der Waals surface area contributed by atoms with E-state index < -0.39 is 14.2 Å². The van der Waals surface area contributed by atoms with Gasteiger partial charge in [0.05, 0.1) is 27.1 Å². The minimum Gasteiger partial charge on any atom is -0.465 e. The molecule has 1 aliphatic rings. The second kappa shape index (κ2) is 8.27. The molecular weight excluding hydrogens is 506 g/mol. The summed E-state index contributed by atoms with van der Waals surface area (Å²) in [6.45, 7) is 7.81. The number of fused-ring (bicyclic) bond motifs is 3. The predicted octanol–water partition coefficient (Wildman–Crippen LogP) is 4.38. The number of hydrogen-bond acceptors (Lipinski definition) is 4. The van der Waals surface area contributed by atoms with E-state index in [0.717, 1.165) is 11.4 Å². The summed E-state index contributed by atoms with van der Waals surface area (Å²) in [6.07, 6.45) is 1.67. The standard InChI is InChI=1S/C19H25BrClN5O4Si/c1-31(2,3)5-4-30-9-25-16(21)14(20)13-15-12(8-22-17(13)25)24-18(27)26(15)11-6-10(7-11)23-19(28)29/h8,10-11,23H,4-7,9H2,1-3H3,(H,24,27)(H,28,29). The third-order valence-corrected chi connectivity index (χ3v) is 8.75. The fourth-order valence-corrected chi connectivity index (χ4v) is 5.48. The zero-order valence-electron chi connectivity index (χ0n) is 17.5. The monoisotopic (exact) mass is 529 g/mol. The fourth-order valence-electron chi connectivity index (χ4n) is 3.92. The van der Waals surface area contributed by atoms with Crippen molar-refractivity contribution in [1.29, 1.82) is 0 Å². The zero-order valence-corrected chi connectivity index (χ0v) is 20.9. The number of nitrogens with zero attached hydrogens (tertiary/aromatic N) is 3. The van der Waals surface area contributed by atoms with E-state index in [4.69, 9.17) is 21.4 Å². The molecule has 4 rings (SSSR count). The van der Waals surface area contributed by atoms with Crippen molar-refractivity contribution in [3.63, 3.8) is 0 Å². The van der Waals surface area contributed by atoms with Crippen LogP contribution in [0.1, 0.15) is 18.9 Å². The number of carboxylic acid groups (broad SMARTS) is 1. The highest BCUT2D eigenvalue weighted by Crippen LogP contribution is 2.40. The summed E-state index contributed by atoms with van der Waals surface area (Å²) in [6, 6.07) is 0.784. The van der Waals surface area contributed by atoms with Crippen LogP contribution in [0.25, 0.3) is 22.1 Å². The number of nitrogens with one attached hydrogen (secondary N) is 2. The number of pyridine rings is 1. The Balaban J connectivity index is 1.69. The first-order chi connectivity index (χ1) is 14.6. The second-order valence-corrected chi connectivity index (χ2v) is 15.9. The highest BCUT2D eigenvalue weighted by Gasteiger charge is 2.34. The molecule has 12 heteroatoms. The first kappa shape index (κ1) is 22.4. The Kier molecular flexibility index (Phi) is 5.97. The van der Waals surface area contributed by atoms with Gasteiger partial charge in [-0.25, -0.2) is 14.6 Å². The van der Waals surface area contributed by atoms with Gasteiger partial charge in [-0.3, -0.25) is 9.13 Å². The van der Waals surface area contributed by atoms with Crippen LogP contribution in [-0.2, 0) is 11.5 Å². The van der Waals surface area contributed by atoms with Gasteiger partial charge < -0.3 is 20.1 Å². The normalized spacial score (nSPS) is 19.1. The maximum Gasteiger partial charge on any atom is 0.404 e. The molecule has 3 N–H and O–H groups in total. The van der Waals surface area contributed by atoms with Gasteiger partial charge in [-0.2, -0.15) is 0 Å². The minimum absolute atomic E-state index is 0.106. The lowest BCUT2D eigenvalue weighted by Crippen LogP contribution is -2.46. The fraction of sp³-hybridized carbons (Fsp3) is 0.526. The molecular formula is C19H25BrClN5O4Si. The second-order valence-electron chi connectivity index (χ2n) is 9.17. The van der Waals surface area contributed by atoms with Crippen molar-refractivity contribution >= 4 is 63.8 Å². The van der Waals surface area contributed by atoms with Crippen molar-refractivity contribution in [3.8, 4) is 0 Å². The molecule has 0 radical (unpaired) electrons. The van der Waals surface area contributed by atoms with Gasteiger partial charge >= 0.3 is 11.8 Å². The van der Waals surface area contributed by atoms with Crippen LogP contribution in [0, 0.1) is 0 Å². The van der Waals surface area contributed by atoms with Gasteiger partial charge in [0.15, 0.2) is 0 Å². The number of aromatic amines is 1. The summed E-state index contributed by atoms with van der Waals surface area (Å²) in [5, 5.41) is 12.6. The van der Waals surface area contributed by atoms with Gasteiger partial charge in [-0.1, -0.05) is 31.2 Å². The lowest BCUT2D eigenvalue weighted by atomic mass is 9.86. The third kappa shape index (κ3) is 4.28. The number of ether oxygens (including phenoxy) is 1. The molecule has 0 atom stereocenters. The first-order valence-corrected chi connectivity index (χ1v) is 15.0. The van der Waals surface area contributed by atoms with Crippen LogP contribution in [0.3, 0.4) is 0 Å². The minimum atomic E-state index is -1.20. The molecule has 1 fully saturated rings. The molecule has 0 saturated heterocycles. The molecule has 31 heavy (non-hydrogen) atoms. The van der Waals surface area contributed by atoms with Crippen molar-refractivity contribution in [2.45, 2.75) is 57.3 Å². The van der Waals surface area contributed by atoms with E-state index in [-0.39, 0.29) is 24.5 Å². The Bertz CT molecular complexity index is 1210. The number of amides is 1. The van der Waals surface area contributed by atoms with Crippen molar-refractivity contribution in [1.82, 2.24) is 24.4 Å². The van der Waals surface area contributed by atoms with Gasteiger partial charge in [0, 0.05) is 26.8 Å². The largest absolute Gasteiger partial charge is 0.465 e. The van der Waals surface area contributed by atoms with Gasteiger partial charge in [0.25, 0.3) is 0 Å². The van der Waals surface area contributed by atoms with Crippen molar-refractivity contribution in [2.75, 3.05) is 6.61 Å². The van der Waals surface area contributed by atoms with Crippen LogP contribution in [0.2, 0.25) is 30.8 Å². The quantitative estimate of drug-likeness (QED) is 0.310. The van der Waals surface area contributed by atoms with Crippen molar-refractivity contribution in [3.05, 3.63) is 26.3 Å². The number of hydrogen-bond donors (Lipinski definition) is 3. The Morgan fingerprint density at radius 2 is 2.16 bits per heavy atom. The molecule has 3 heterocycles. The molecule has 9 nitrogen and oxygen atoms in total. The van der Waals surface area contributed by atoms with Gasteiger partial charge in [0.2, 0.25) is 0 Å². The maximum absolute atomic E-state index is 12.7. The average molecular weight is 531 g/mol. The highest BCUT2D eigenvalue weighted by atomic mass is 79.9. The number of H-pyrrole nitrogens is 1. The summed E-state index contributed by atoms with van der Waals surface area (Å²) < 4.78 is 10.0. The Labute approximate surface area is 192 Å². The van der Waals surface area contributed by atoms with Crippen LogP contribution in [-0.4, -0.2) is 51.0 Å². The number of halogens is 2. The van der Waals surface area contributed by atoms with E-state index in [1.165, 1.54) is 0 Å². The smallest absolute Gasteiger partial charge is 0.404 e. The van der Waals surface area contributed by atoms with Crippen molar-refractivity contribution < 1.29 is 14.6 Å². The third-order valence-electron chi connectivity index (χ3n) is 5.65. The summed E-state index contributed by atoms with van der Waals surface area (Å²) in [4.78, 5) is 31.0. The Hall–Kier alpha value is -1.82. The van der Waals surface area contributed by atoms with Crippen LogP contribution in [0.4, 0.5) is 4.79 Å². The lowest BCUT2D eigenvalue weighted by molar-refractivity contribution is 0.0900. The summed E-state index contributed by atoms with van der Waals surface area (Å²) in [5.41, 5.74) is 1.71. The van der Waals surface area contributed by atoms with Crippen molar-refractivity contribution in [2.24, 2.45) is 0 Å². The molecule has 1 amide bonds. The average Bonchev–Trinajstić information content (AvgIpc) is 3.08. The molecule has 1 aliphatic carbocycles. The summed E-state index contributed by atoms with van der Waals surface area (Å²) >= 11 is 10.2. The lowest BCUT2D eigenvalue weighted by Gasteiger charge is -2.35. The predicted molar refractivity (Wildman–Crippen MR) is 126 cm³/mol. The van der Waals surface area contributed by atoms with E-state index >= 15 is 0 Å². The van der Waals surface area contributed by atoms with Gasteiger partial charge in [0.1, 0.15) is 17.5 Å². The van der Waals surface area contributed by atoms with Gasteiger partial charge in [-0.05, 0) is 34.8 Å². The molecule has 0 aromatic carbocycles. The number of carbonyl (C=O) groups is 1. The van der Waals surface area contributed by atoms with Crippen LogP contribution >= 0.6 is 27.5 Å². The molecule has 3 aromatic rings. The molecule has 1 saturated carbocycles. The summed E-state index contributed by atoms with van der Waals surface area (Å²) in [7, 11) is -1.20. The zero-order chi connectivity index (χ0) is 22.5. The van der Waals surface area contributed by atoms with Gasteiger partial charge in [-0.15, -0.1) is 0 Å². The van der Waals surface area contributed by atoms with Crippen LogP contribution < -0.4 is 11.0 Å². The molecule has 0 aliphatic heterocycles. The Morgan fingerprint density at radius 1 is 1.45 bits per heavy atom. The Morgan fingerprint density at radius 3 is 2.81 bits per heavy atom. The number of aromatic nitrogens is 4. The maximum atomic E-state index is 12.7. The molecule has 0 unspecified atom stereocenters. The van der Waals surface area contributed by atoms with E-state index in [1.807, 2.05) is 0 Å². The van der Waals surface area contributed by atoms with E-state index in [0.29, 0.717) is 45.8 Å². The number of rotatable bonds is 7. The van der Waals surface area contributed by atoms with E-state index in [9.17, 15) is 9.59 Å². The molecule has 0 spiro atoms. The van der Waals surface area contributed by atoms with E-state index in [1.54, 1.807) is 15.3 Å². The SMILES string of the molecule is C[Si](C)(C)CCOCn1c(Cl)c(Br)c2c1ncc1[nH]c(=O)n(C3CC(NC(=O)O)C3)c12. The van der Waals surface area contributed by atoms with Crippen LogP contribution in [0.15, 0.2) is 15.5 Å². The molecule has 168 valence electrons. The highest BCUT2D eigenvalue weighted by molar-refractivity contribution is 9.10. The molecule has 0 bridgehead atoms. The van der Waals surface area contributed by atoms with E-state index in [2.05, 4.69) is 50.9 Å². The topological polar surface area (TPSA) is 114 Å². The number of imidazole rings is 1.